The van der Waals surface area contributed by atoms with E-state index in [2.05, 4.69) is 0 Å². The summed E-state index contributed by atoms with van der Waals surface area (Å²) in [5.74, 6) is -0.347. The van der Waals surface area contributed by atoms with Crippen molar-refractivity contribution in [2.45, 2.75) is 0 Å². The summed E-state index contributed by atoms with van der Waals surface area (Å²) in [5.41, 5.74) is 0.592. The maximum atomic E-state index is 12.6. The molecule has 1 fully saturated rings. The van der Waals surface area contributed by atoms with Crippen molar-refractivity contribution in [3.63, 3.8) is 0 Å². The lowest BCUT2D eigenvalue weighted by Crippen LogP contribution is -2.28. The molecule has 0 saturated carbocycles. The fourth-order valence-corrected chi connectivity index (χ4v) is 3.53. The molecule has 0 radical (unpaired) electrons. The SMILES string of the molecule is O=C1/C(=C/c2cccc(O)c2)SC(=S)N1c1ccccc1[N+](=O)[O-]. The lowest BCUT2D eigenvalue weighted by Gasteiger charge is -2.14. The molecule has 120 valence electrons. The molecule has 1 aliphatic heterocycles. The maximum absolute atomic E-state index is 12.6. The molecule has 0 spiro atoms. The van der Waals surface area contributed by atoms with Crippen LogP contribution in [0.3, 0.4) is 0 Å². The molecule has 0 aliphatic carbocycles. The first-order valence-corrected chi connectivity index (χ1v) is 8.00. The number of aromatic hydroxyl groups is 1. The van der Waals surface area contributed by atoms with E-state index in [1.165, 1.54) is 30.3 Å². The van der Waals surface area contributed by atoms with E-state index in [0.29, 0.717) is 10.5 Å². The number of thioether (sulfide) groups is 1. The molecule has 1 heterocycles. The summed E-state index contributed by atoms with van der Waals surface area (Å²) < 4.78 is 0.223. The highest BCUT2D eigenvalue weighted by atomic mass is 32.2. The number of phenolic OH excluding ortho intramolecular Hbond substituents is 1. The third-order valence-electron chi connectivity index (χ3n) is 3.28. The van der Waals surface area contributed by atoms with Gasteiger partial charge in [0.05, 0.1) is 9.83 Å². The standard InChI is InChI=1S/C16H10N2O4S2/c19-11-5-3-4-10(8-11)9-14-15(20)17(16(23)24-14)12-6-1-2-7-13(12)18(21)22/h1-9,19H/b14-9-. The number of anilines is 1. The molecular formula is C16H10N2O4S2. The number of carbonyl (C=O) groups is 1. The molecule has 3 rings (SSSR count). The molecule has 2 aromatic carbocycles. The monoisotopic (exact) mass is 358 g/mol. The normalized spacial score (nSPS) is 16.0. The second-order valence-electron chi connectivity index (χ2n) is 4.86. The van der Waals surface area contributed by atoms with Crippen LogP contribution in [0.15, 0.2) is 53.4 Å². The minimum Gasteiger partial charge on any atom is -0.508 e. The first-order valence-electron chi connectivity index (χ1n) is 6.78. The summed E-state index contributed by atoms with van der Waals surface area (Å²) in [6.45, 7) is 0. The first-order chi connectivity index (χ1) is 11.5. The lowest BCUT2D eigenvalue weighted by atomic mass is 10.2. The molecule has 8 heteroatoms. The predicted octanol–water partition coefficient (Wildman–Crippen LogP) is 3.71. The Labute approximate surface area is 146 Å². The van der Waals surface area contributed by atoms with E-state index in [9.17, 15) is 20.0 Å². The van der Waals surface area contributed by atoms with Crippen molar-refractivity contribution in [3.05, 3.63) is 69.1 Å². The van der Waals surface area contributed by atoms with Crippen LogP contribution in [0.1, 0.15) is 5.56 Å². The first kappa shape index (κ1) is 16.2. The van der Waals surface area contributed by atoms with Gasteiger partial charge in [0.1, 0.15) is 11.4 Å². The average Bonchev–Trinajstić information content (AvgIpc) is 2.81. The molecule has 1 saturated heterocycles. The number of carbonyl (C=O) groups excluding carboxylic acids is 1. The third-order valence-corrected chi connectivity index (χ3v) is 4.58. The van der Waals surface area contributed by atoms with Crippen LogP contribution in [-0.4, -0.2) is 20.3 Å². The number of benzene rings is 2. The van der Waals surface area contributed by atoms with Gasteiger partial charge in [0, 0.05) is 6.07 Å². The molecule has 1 N–H and O–H groups in total. The highest BCUT2D eigenvalue weighted by molar-refractivity contribution is 8.27. The van der Waals surface area contributed by atoms with E-state index in [-0.39, 0.29) is 21.4 Å². The fourth-order valence-electron chi connectivity index (χ4n) is 2.25. The molecule has 0 bridgehead atoms. The van der Waals surface area contributed by atoms with Gasteiger partial charge < -0.3 is 5.11 Å². The van der Waals surface area contributed by atoms with E-state index in [4.69, 9.17) is 12.2 Å². The predicted molar refractivity (Wildman–Crippen MR) is 96.9 cm³/mol. The summed E-state index contributed by atoms with van der Waals surface area (Å²) in [6.07, 6.45) is 1.59. The summed E-state index contributed by atoms with van der Waals surface area (Å²) in [7, 11) is 0. The number of para-hydroxylation sites is 2. The van der Waals surface area contributed by atoms with Crippen molar-refractivity contribution in [2.75, 3.05) is 4.90 Å². The molecule has 0 unspecified atom stereocenters. The molecule has 2 aromatic rings. The van der Waals surface area contributed by atoms with Crippen LogP contribution in [0, 0.1) is 10.1 Å². The number of hydrogen-bond donors (Lipinski definition) is 1. The number of nitro benzene ring substituents is 1. The van der Waals surface area contributed by atoms with E-state index in [1.54, 1.807) is 24.3 Å². The van der Waals surface area contributed by atoms with Crippen LogP contribution in [0.25, 0.3) is 6.08 Å². The van der Waals surface area contributed by atoms with Crippen molar-refractivity contribution in [3.8, 4) is 5.75 Å². The van der Waals surface area contributed by atoms with Crippen LogP contribution in [0.5, 0.6) is 5.75 Å². The van der Waals surface area contributed by atoms with Crippen LogP contribution in [0.2, 0.25) is 0 Å². The quantitative estimate of drug-likeness (QED) is 0.390. The average molecular weight is 358 g/mol. The minimum atomic E-state index is -0.549. The van der Waals surface area contributed by atoms with E-state index in [1.807, 2.05) is 0 Å². The van der Waals surface area contributed by atoms with Gasteiger partial charge in [-0.15, -0.1) is 0 Å². The Kier molecular flexibility index (Phi) is 4.32. The van der Waals surface area contributed by atoms with Gasteiger partial charge in [-0.25, -0.2) is 0 Å². The van der Waals surface area contributed by atoms with Gasteiger partial charge in [-0.1, -0.05) is 48.2 Å². The van der Waals surface area contributed by atoms with Gasteiger partial charge in [-0.05, 0) is 29.8 Å². The Hall–Kier alpha value is -2.71. The van der Waals surface area contributed by atoms with E-state index >= 15 is 0 Å². The second-order valence-corrected chi connectivity index (χ2v) is 6.53. The zero-order valence-electron chi connectivity index (χ0n) is 12.1. The summed E-state index contributed by atoms with van der Waals surface area (Å²) in [4.78, 5) is 24.8. The molecule has 6 nitrogen and oxygen atoms in total. The Bertz CT molecular complexity index is 895. The largest absolute Gasteiger partial charge is 0.508 e. The topological polar surface area (TPSA) is 83.7 Å². The third kappa shape index (κ3) is 3.01. The smallest absolute Gasteiger partial charge is 0.293 e. The molecule has 0 atom stereocenters. The van der Waals surface area contributed by atoms with Gasteiger partial charge in [0.15, 0.2) is 4.32 Å². The number of phenols is 1. The number of rotatable bonds is 3. The number of amides is 1. The number of nitro groups is 1. The van der Waals surface area contributed by atoms with E-state index in [0.717, 1.165) is 16.7 Å². The van der Waals surface area contributed by atoms with Gasteiger partial charge in [0.2, 0.25) is 0 Å². The van der Waals surface area contributed by atoms with Crippen molar-refractivity contribution in [1.29, 1.82) is 0 Å². The Morgan fingerprint density at radius 2 is 1.96 bits per heavy atom. The zero-order valence-corrected chi connectivity index (χ0v) is 13.7. The van der Waals surface area contributed by atoms with Crippen molar-refractivity contribution in [1.82, 2.24) is 0 Å². The van der Waals surface area contributed by atoms with Crippen molar-refractivity contribution in [2.24, 2.45) is 0 Å². The number of hydrogen-bond acceptors (Lipinski definition) is 6. The van der Waals surface area contributed by atoms with E-state index < -0.39 is 10.8 Å². The summed E-state index contributed by atoms with van der Waals surface area (Å²) in [6, 6.07) is 12.4. The minimum absolute atomic E-state index is 0.0814. The van der Waals surface area contributed by atoms with Crippen LogP contribution in [-0.2, 0) is 4.79 Å². The summed E-state index contributed by atoms with van der Waals surface area (Å²) in [5, 5.41) is 20.7. The number of thiocarbonyl (C=S) groups is 1. The Morgan fingerprint density at radius 3 is 2.67 bits per heavy atom. The molecule has 24 heavy (non-hydrogen) atoms. The fraction of sp³-hybridized carbons (Fsp3) is 0. The molecule has 0 aromatic heterocycles. The van der Waals surface area contributed by atoms with Gasteiger partial charge in [0.25, 0.3) is 11.6 Å². The van der Waals surface area contributed by atoms with Crippen LogP contribution >= 0.6 is 24.0 Å². The van der Waals surface area contributed by atoms with Gasteiger partial charge in [-0.2, -0.15) is 0 Å². The molecule has 1 amide bonds. The molecular weight excluding hydrogens is 348 g/mol. The highest BCUT2D eigenvalue weighted by Gasteiger charge is 2.36. The Morgan fingerprint density at radius 1 is 1.21 bits per heavy atom. The number of nitrogens with zero attached hydrogens (tertiary/aromatic N) is 2. The Balaban J connectivity index is 2.00. The van der Waals surface area contributed by atoms with Gasteiger partial charge >= 0.3 is 0 Å². The van der Waals surface area contributed by atoms with Gasteiger partial charge in [-0.3, -0.25) is 19.8 Å². The lowest BCUT2D eigenvalue weighted by molar-refractivity contribution is -0.384. The summed E-state index contributed by atoms with van der Waals surface area (Å²) >= 11 is 6.28. The molecule has 1 aliphatic rings. The zero-order chi connectivity index (χ0) is 17.3. The van der Waals surface area contributed by atoms with Crippen LogP contribution in [0.4, 0.5) is 11.4 Å². The van der Waals surface area contributed by atoms with Crippen molar-refractivity contribution >= 4 is 51.7 Å². The van der Waals surface area contributed by atoms with Crippen molar-refractivity contribution < 1.29 is 14.8 Å². The highest BCUT2D eigenvalue weighted by Crippen LogP contribution is 2.39. The second kappa shape index (κ2) is 6.42. The van der Waals surface area contributed by atoms with Crippen LogP contribution < -0.4 is 4.90 Å². The maximum Gasteiger partial charge on any atom is 0.293 e.